The number of rotatable bonds is 8. The Balaban J connectivity index is 1.41. The van der Waals surface area contributed by atoms with Crippen LogP contribution < -0.4 is 24.4 Å². The number of carbonyl (C=O) groups is 1. The lowest BCUT2D eigenvalue weighted by molar-refractivity contribution is -0.119. The fraction of sp³-hybridized carbons (Fsp3) is 0.350. The Labute approximate surface area is 157 Å². The molecule has 1 heterocycles. The number of nitrogens with one attached hydrogen (secondary N) is 1. The zero-order valence-electron chi connectivity index (χ0n) is 15.2. The normalized spacial score (nSPS) is 12.7. The molecule has 1 N–H and O–H groups in total. The summed E-state index contributed by atoms with van der Waals surface area (Å²) in [5, 5.41) is 2.83. The molecule has 6 nitrogen and oxygen atoms in total. The van der Waals surface area contributed by atoms with Crippen LogP contribution in [-0.2, 0) is 4.79 Å². The van der Waals surface area contributed by atoms with Crippen LogP contribution in [0.1, 0.15) is 6.92 Å². The second-order valence-electron chi connectivity index (χ2n) is 5.98. The van der Waals surface area contributed by atoms with Gasteiger partial charge in [-0.25, -0.2) is 4.39 Å². The molecule has 2 aromatic carbocycles. The van der Waals surface area contributed by atoms with Gasteiger partial charge in [-0.1, -0.05) is 0 Å². The average Bonchev–Trinajstić information content (AvgIpc) is 2.67. The van der Waals surface area contributed by atoms with Crippen molar-refractivity contribution in [2.24, 2.45) is 0 Å². The smallest absolute Gasteiger partial charge is 0.239 e. The number of benzene rings is 2. The summed E-state index contributed by atoms with van der Waals surface area (Å²) in [5.41, 5.74) is 0.725. The molecular formula is C20H23FN2O4. The fourth-order valence-corrected chi connectivity index (χ4v) is 2.80. The first kappa shape index (κ1) is 18.8. The van der Waals surface area contributed by atoms with Crippen molar-refractivity contribution in [2.75, 3.05) is 44.4 Å². The van der Waals surface area contributed by atoms with Gasteiger partial charge in [-0.05, 0) is 43.3 Å². The van der Waals surface area contributed by atoms with Crippen LogP contribution in [0, 0.1) is 5.82 Å². The number of fused-ring (bicyclic) bond motifs is 1. The van der Waals surface area contributed by atoms with Gasteiger partial charge in [0, 0.05) is 6.07 Å². The Bertz CT molecular complexity index is 767. The average molecular weight is 374 g/mol. The van der Waals surface area contributed by atoms with E-state index in [0.29, 0.717) is 38.7 Å². The molecule has 0 fully saturated rings. The van der Waals surface area contributed by atoms with Gasteiger partial charge in [0.1, 0.15) is 36.3 Å². The third kappa shape index (κ3) is 5.26. The lowest BCUT2D eigenvalue weighted by Gasteiger charge is -2.30. The van der Waals surface area contributed by atoms with E-state index in [-0.39, 0.29) is 18.3 Å². The van der Waals surface area contributed by atoms with Crippen molar-refractivity contribution in [1.82, 2.24) is 5.32 Å². The Kier molecular flexibility index (Phi) is 6.35. The Morgan fingerprint density at radius 3 is 2.67 bits per heavy atom. The zero-order valence-corrected chi connectivity index (χ0v) is 15.2. The quantitative estimate of drug-likeness (QED) is 0.720. The number of halogens is 1. The lowest BCUT2D eigenvalue weighted by Crippen LogP contribution is -2.42. The van der Waals surface area contributed by atoms with Crippen LogP contribution in [-0.4, -0.2) is 45.4 Å². The molecule has 0 aromatic heterocycles. The molecule has 7 heteroatoms. The van der Waals surface area contributed by atoms with Gasteiger partial charge in [0.15, 0.2) is 0 Å². The van der Waals surface area contributed by atoms with E-state index in [1.165, 1.54) is 12.1 Å². The largest absolute Gasteiger partial charge is 0.494 e. The maximum absolute atomic E-state index is 13.3. The van der Waals surface area contributed by atoms with E-state index in [1.54, 1.807) is 6.07 Å². The minimum Gasteiger partial charge on any atom is -0.494 e. The first-order valence-electron chi connectivity index (χ1n) is 8.95. The highest BCUT2D eigenvalue weighted by molar-refractivity contribution is 5.82. The summed E-state index contributed by atoms with van der Waals surface area (Å²) < 4.78 is 29.7. The number of amides is 1. The van der Waals surface area contributed by atoms with Crippen LogP contribution in [0.4, 0.5) is 10.1 Å². The molecule has 3 rings (SSSR count). The Morgan fingerprint density at radius 1 is 1.19 bits per heavy atom. The molecule has 27 heavy (non-hydrogen) atoms. The van der Waals surface area contributed by atoms with E-state index in [1.807, 2.05) is 36.1 Å². The van der Waals surface area contributed by atoms with E-state index in [0.717, 1.165) is 17.2 Å². The zero-order chi connectivity index (χ0) is 19.1. The number of carbonyl (C=O) groups excluding carboxylic acids is 1. The molecule has 1 aliphatic heterocycles. The monoisotopic (exact) mass is 374 g/mol. The highest BCUT2D eigenvalue weighted by Crippen LogP contribution is 2.31. The van der Waals surface area contributed by atoms with E-state index in [2.05, 4.69) is 5.32 Å². The van der Waals surface area contributed by atoms with Crippen molar-refractivity contribution in [3.63, 3.8) is 0 Å². The van der Waals surface area contributed by atoms with Crippen molar-refractivity contribution in [1.29, 1.82) is 0 Å². The second-order valence-corrected chi connectivity index (χ2v) is 5.98. The lowest BCUT2D eigenvalue weighted by atomic mass is 10.2. The first-order chi connectivity index (χ1) is 13.2. The third-order valence-electron chi connectivity index (χ3n) is 4.04. The predicted molar refractivity (Wildman–Crippen MR) is 100 cm³/mol. The van der Waals surface area contributed by atoms with Gasteiger partial charge in [0.05, 0.1) is 31.9 Å². The van der Waals surface area contributed by atoms with Crippen LogP contribution in [0.15, 0.2) is 42.5 Å². The molecule has 144 valence electrons. The van der Waals surface area contributed by atoms with Gasteiger partial charge < -0.3 is 24.4 Å². The van der Waals surface area contributed by atoms with Gasteiger partial charge in [-0.2, -0.15) is 0 Å². The number of ether oxygens (including phenoxy) is 3. The van der Waals surface area contributed by atoms with Crippen LogP contribution in [0.2, 0.25) is 0 Å². The molecule has 0 radical (unpaired) electrons. The topological polar surface area (TPSA) is 60.0 Å². The number of anilines is 1. The molecule has 2 aromatic rings. The molecule has 0 spiro atoms. The van der Waals surface area contributed by atoms with Gasteiger partial charge in [-0.15, -0.1) is 0 Å². The number of hydrogen-bond acceptors (Lipinski definition) is 5. The summed E-state index contributed by atoms with van der Waals surface area (Å²) in [4.78, 5) is 14.1. The van der Waals surface area contributed by atoms with Crippen LogP contribution in [0.5, 0.6) is 17.2 Å². The summed E-state index contributed by atoms with van der Waals surface area (Å²) in [6.45, 7) is 4.50. The summed E-state index contributed by atoms with van der Waals surface area (Å²) in [7, 11) is 0. The summed E-state index contributed by atoms with van der Waals surface area (Å²) in [5.74, 6) is 1.50. The maximum Gasteiger partial charge on any atom is 0.239 e. The van der Waals surface area contributed by atoms with E-state index >= 15 is 0 Å². The van der Waals surface area contributed by atoms with Crippen LogP contribution in [0.3, 0.4) is 0 Å². The highest BCUT2D eigenvalue weighted by Gasteiger charge is 2.20. The van der Waals surface area contributed by atoms with Gasteiger partial charge in [0.2, 0.25) is 5.91 Å². The van der Waals surface area contributed by atoms with Crippen LogP contribution in [0.25, 0.3) is 0 Å². The molecule has 0 unspecified atom stereocenters. The predicted octanol–water partition coefficient (Wildman–Crippen LogP) is 2.62. The second kappa shape index (κ2) is 9.12. The van der Waals surface area contributed by atoms with Crippen LogP contribution >= 0.6 is 0 Å². The van der Waals surface area contributed by atoms with Crippen molar-refractivity contribution in [3.8, 4) is 17.2 Å². The summed E-state index contributed by atoms with van der Waals surface area (Å²) in [6.07, 6.45) is 0. The molecule has 1 amide bonds. The Hall–Kier alpha value is -2.96. The molecule has 1 aliphatic rings. The first-order valence-corrected chi connectivity index (χ1v) is 8.95. The van der Waals surface area contributed by atoms with Gasteiger partial charge >= 0.3 is 0 Å². The molecule has 0 aliphatic carbocycles. The molecule has 0 atom stereocenters. The van der Waals surface area contributed by atoms with E-state index in [4.69, 9.17) is 14.2 Å². The fourth-order valence-electron chi connectivity index (χ4n) is 2.80. The summed E-state index contributed by atoms with van der Waals surface area (Å²) >= 11 is 0. The molecule has 0 saturated heterocycles. The maximum atomic E-state index is 13.3. The van der Waals surface area contributed by atoms with Crippen molar-refractivity contribution in [3.05, 3.63) is 48.3 Å². The van der Waals surface area contributed by atoms with Gasteiger partial charge in [0.25, 0.3) is 0 Å². The standard InChI is InChI=1S/C20H23FN2O4/c1-2-25-16-4-6-17(7-5-16)26-11-9-22-20(24)14-23-10-12-27-19-13-15(21)3-8-18(19)23/h3-8,13H,2,9-12,14H2,1H3,(H,22,24). The minimum absolute atomic E-state index is 0.123. The third-order valence-corrected chi connectivity index (χ3v) is 4.04. The van der Waals surface area contributed by atoms with Crippen molar-refractivity contribution >= 4 is 11.6 Å². The number of nitrogens with zero attached hydrogens (tertiary/aromatic N) is 1. The molecular weight excluding hydrogens is 351 g/mol. The Morgan fingerprint density at radius 2 is 1.93 bits per heavy atom. The van der Waals surface area contributed by atoms with Gasteiger partial charge in [-0.3, -0.25) is 4.79 Å². The molecule has 0 saturated carbocycles. The van der Waals surface area contributed by atoms with E-state index in [9.17, 15) is 9.18 Å². The van der Waals surface area contributed by atoms with Crippen molar-refractivity contribution in [2.45, 2.75) is 6.92 Å². The minimum atomic E-state index is -0.355. The van der Waals surface area contributed by atoms with E-state index < -0.39 is 0 Å². The summed E-state index contributed by atoms with van der Waals surface area (Å²) in [6, 6.07) is 11.7. The highest BCUT2D eigenvalue weighted by atomic mass is 19.1. The van der Waals surface area contributed by atoms with Crippen molar-refractivity contribution < 1.29 is 23.4 Å². The SMILES string of the molecule is CCOc1ccc(OCCNC(=O)CN2CCOc3cc(F)ccc32)cc1. The molecule has 0 bridgehead atoms. The number of hydrogen-bond donors (Lipinski definition) is 1.